The van der Waals surface area contributed by atoms with Crippen molar-refractivity contribution < 1.29 is 4.39 Å². The number of rotatable bonds is 4. The van der Waals surface area contributed by atoms with Crippen LogP contribution in [0, 0.1) is 12.7 Å². The summed E-state index contributed by atoms with van der Waals surface area (Å²) in [6.07, 6.45) is 6.08. The van der Waals surface area contributed by atoms with Gasteiger partial charge in [0.2, 0.25) is 0 Å². The smallest absolute Gasteiger partial charge is 0.123 e. The Morgan fingerprint density at radius 2 is 2.11 bits per heavy atom. The van der Waals surface area contributed by atoms with Crippen LogP contribution >= 0.6 is 0 Å². The molecule has 98 valence electrons. The Kier molecular flexibility index (Phi) is 3.30. The van der Waals surface area contributed by atoms with Gasteiger partial charge in [-0.25, -0.2) is 4.39 Å². The molecule has 0 spiro atoms. The van der Waals surface area contributed by atoms with Gasteiger partial charge in [0.15, 0.2) is 0 Å². The van der Waals surface area contributed by atoms with E-state index in [2.05, 4.69) is 10.3 Å². The second kappa shape index (κ2) is 5.10. The first kappa shape index (κ1) is 12.3. The predicted octanol–water partition coefficient (Wildman–Crippen LogP) is 3.45. The maximum atomic E-state index is 13.5. The fourth-order valence-electron chi connectivity index (χ4n) is 2.27. The van der Waals surface area contributed by atoms with Crippen LogP contribution in [0.4, 0.5) is 4.39 Å². The van der Waals surface area contributed by atoms with Gasteiger partial charge >= 0.3 is 0 Å². The van der Waals surface area contributed by atoms with E-state index >= 15 is 0 Å². The maximum Gasteiger partial charge on any atom is 0.123 e. The van der Waals surface area contributed by atoms with Gasteiger partial charge < -0.3 is 5.32 Å². The number of nitrogens with zero attached hydrogens (tertiary/aromatic N) is 1. The monoisotopic (exact) mass is 256 g/mol. The van der Waals surface area contributed by atoms with Crippen molar-refractivity contribution in [3.8, 4) is 11.1 Å². The molecule has 1 aromatic carbocycles. The molecule has 1 aliphatic carbocycles. The molecule has 0 radical (unpaired) electrons. The Morgan fingerprint density at radius 3 is 2.84 bits per heavy atom. The summed E-state index contributed by atoms with van der Waals surface area (Å²) < 4.78 is 13.5. The summed E-state index contributed by atoms with van der Waals surface area (Å²) in [5, 5.41) is 3.48. The van der Waals surface area contributed by atoms with Crippen LogP contribution in [-0.2, 0) is 6.54 Å². The van der Waals surface area contributed by atoms with E-state index in [4.69, 9.17) is 0 Å². The first-order valence-corrected chi connectivity index (χ1v) is 6.67. The quantitative estimate of drug-likeness (QED) is 0.906. The molecule has 0 amide bonds. The molecule has 0 aliphatic heterocycles. The minimum atomic E-state index is -0.193. The van der Waals surface area contributed by atoms with Gasteiger partial charge in [0.1, 0.15) is 5.82 Å². The molecule has 0 unspecified atom stereocenters. The molecular weight excluding hydrogens is 239 g/mol. The van der Waals surface area contributed by atoms with E-state index in [0.29, 0.717) is 6.04 Å². The van der Waals surface area contributed by atoms with E-state index in [1.807, 2.05) is 25.3 Å². The van der Waals surface area contributed by atoms with Crippen molar-refractivity contribution in [3.05, 3.63) is 53.6 Å². The molecule has 0 atom stereocenters. The number of pyridine rings is 1. The van der Waals surface area contributed by atoms with Gasteiger partial charge in [0.05, 0.1) is 0 Å². The fourth-order valence-corrected chi connectivity index (χ4v) is 2.27. The summed E-state index contributed by atoms with van der Waals surface area (Å²) >= 11 is 0. The Bertz CT molecular complexity index is 591. The lowest BCUT2D eigenvalue weighted by atomic mass is 9.97. The van der Waals surface area contributed by atoms with Crippen molar-refractivity contribution in [2.75, 3.05) is 0 Å². The van der Waals surface area contributed by atoms with Crippen LogP contribution in [0.3, 0.4) is 0 Å². The number of nitrogens with one attached hydrogen (secondary N) is 1. The van der Waals surface area contributed by atoms with Gasteiger partial charge in [0.25, 0.3) is 0 Å². The molecule has 2 nitrogen and oxygen atoms in total. The van der Waals surface area contributed by atoms with Crippen LogP contribution in [0.15, 0.2) is 36.7 Å². The second-order valence-corrected chi connectivity index (χ2v) is 5.15. The highest BCUT2D eigenvalue weighted by Gasteiger charge is 2.20. The number of aromatic nitrogens is 1. The molecule has 1 fully saturated rings. The number of benzene rings is 1. The molecule has 0 saturated heterocycles. The molecule has 1 saturated carbocycles. The Balaban J connectivity index is 1.97. The lowest BCUT2D eigenvalue weighted by molar-refractivity contribution is 0.625. The number of halogens is 1. The number of hydrogen-bond donors (Lipinski definition) is 1. The lowest BCUT2D eigenvalue weighted by Gasteiger charge is -2.12. The number of hydrogen-bond acceptors (Lipinski definition) is 2. The third-order valence-corrected chi connectivity index (χ3v) is 3.54. The van der Waals surface area contributed by atoms with E-state index in [9.17, 15) is 4.39 Å². The summed E-state index contributed by atoms with van der Waals surface area (Å²) in [6, 6.07) is 7.62. The van der Waals surface area contributed by atoms with E-state index in [1.165, 1.54) is 18.9 Å². The fraction of sp³-hybridized carbons (Fsp3) is 0.312. The van der Waals surface area contributed by atoms with Crippen LogP contribution in [-0.4, -0.2) is 11.0 Å². The Hall–Kier alpha value is -1.74. The average Bonchev–Trinajstić information content (AvgIpc) is 3.22. The largest absolute Gasteiger partial charge is 0.310 e. The summed E-state index contributed by atoms with van der Waals surface area (Å²) in [4.78, 5) is 4.10. The summed E-state index contributed by atoms with van der Waals surface area (Å²) in [5.74, 6) is -0.193. The highest BCUT2D eigenvalue weighted by molar-refractivity contribution is 5.70. The predicted molar refractivity (Wildman–Crippen MR) is 74.2 cm³/mol. The molecule has 3 rings (SSSR count). The van der Waals surface area contributed by atoms with Crippen LogP contribution in [0.2, 0.25) is 0 Å². The van der Waals surface area contributed by atoms with Crippen molar-refractivity contribution in [2.45, 2.75) is 32.4 Å². The second-order valence-electron chi connectivity index (χ2n) is 5.15. The highest BCUT2D eigenvalue weighted by Crippen LogP contribution is 2.28. The molecule has 1 aromatic heterocycles. The van der Waals surface area contributed by atoms with E-state index < -0.39 is 0 Å². The van der Waals surface area contributed by atoms with Crippen LogP contribution in [0.25, 0.3) is 11.1 Å². The van der Waals surface area contributed by atoms with Crippen LogP contribution < -0.4 is 5.32 Å². The first-order valence-electron chi connectivity index (χ1n) is 6.67. The molecule has 3 heteroatoms. The number of aryl methyl sites for hydroxylation is 1. The normalized spacial score (nSPS) is 14.6. The van der Waals surface area contributed by atoms with Crippen molar-refractivity contribution >= 4 is 0 Å². The molecule has 1 aliphatic rings. The van der Waals surface area contributed by atoms with Crippen molar-refractivity contribution in [1.82, 2.24) is 10.3 Å². The third kappa shape index (κ3) is 2.82. The standard InChI is InChI=1S/C16H17FN2/c1-11-9-18-7-6-15(11)16-8-13(17)3-2-12(16)10-19-14-4-5-14/h2-3,6-9,14,19H,4-5,10H2,1H3. The van der Waals surface area contributed by atoms with Crippen molar-refractivity contribution in [2.24, 2.45) is 0 Å². The zero-order valence-corrected chi connectivity index (χ0v) is 11.0. The average molecular weight is 256 g/mol. The minimum Gasteiger partial charge on any atom is -0.310 e. The molecule has 0 bridgehead atoms. The van der Waals surface area contributed by atoms with E-state index in [1.54, 1.807) is 12.3 Å². The Labute approximate surface area is 112 Å². The zero-order valence-electron chi connectivity index (χ0n) is 11.0. The van der Waals surface area contributed by atoms with Crippen LogP contribution in [0.5, 0.6) is 0 Å². The van der Waals surface area contributed by atoms with Gasteiger partial charge in [-0.1, -0.05) is 6.07 Å². The molecule has 1 N–H and O–H groups in total. The van der Waals surface area contributed by atoms with Gasteiger partial charge in [0, 0.05) is 25.0 Å². The molecule has 19 heavy (non-hydrogen) atoms. The maximum absolute atomic E-state index is 13.5. The van der Waals surface area contributed by atoms with E-state index in [0.717, 1.165) is 28.8 Å². The molecule has 2 aromatic rings. The van der Waals surface area contributed by atoms with Gasteiger partial charge in [-0.2, -0.15) is 0 Å². The lowest BCUT2D eigenvalue weighted by Crippen LogP contribution is -2.16. The third-order valence-electron chi connectivity index (χ3n) is 3.54. The summed E-state index contributed by atoms with van der Waals surface area (Å²) in [5.41, 5.74) is 4.23. The van der Waals surface area contributed by atoms with Crippen molar-refractivity contribution in [3.63, 3.8) is 0 Å². The zero-order chi connectivity index (χ0) is 13.2. The van der Waals surface area contributed by atoms with Crippen LogP contribution in [0.1, 0.15) is 24.0 Å². The summed E-state index contributed by atoms with van der Waals surface area (Å²) in [6.45, 7) is 2.80. The molecule has 1 heterocycles. The summed E-state index contributed by atoms with van der Waals surface area (Å²) in [7, 11) is 0. The minimum absolute atomic E-state index is 0.193. The van der Waals surface area contributed by atoms with Gasteiger partial charge in [-0.3, -0.25) is 4.98 Å². The Morgan fingerprint density at radius 1 is 1.26 bits per heavy atom. The van der Waals surface area contributed by atoms with E-state index in [-0.39, 0.29) is 5.82 Å². The topological polar surface area (TPSA) is 24.9 Å². The first-order chi connectivity index (χ1) is 9.24. The molecular formula is C16H17FN2. The SMILES string of the molecule is Cc1cnccc1-c1cc(F)ccc1CNC1CC1. The van der Waals surface area contributed by atoms with Gasteiger partial charge in [-0.15, -0.1) is 0 Å². The van der Waals surface area contributed by atoms with Gasteiger partial charge in [-0.05, 0) is 60.2 Å². The highest BCUT2D eigenvalue weighted by atomic mass is 19.1. The van der Waals surface area contributed by atoms with Crippen molar-refractivity contribution in [1.29, 1.82) is 0 Å².